The highest BCUT2D eigenvalue weighted by Gasteiger charge is 2.40. The minimum atomic E-state index is -0.0546. The Bertz CT molecular complexity index is 495. The van der Waals surface area contributed by atoms with Gasteiger partial charge in [-0.15, -0.1) is 0 Å². The Kier molecular flexibility index (Phi) is 2.72. The molecule has 0 amide bonds. The van der Waals surface area contributed by atoms with Crippen LogP contribution in [0.5, 0.6) is 11.5 Å². The van der Waals surface area contributed by atoms with Crippen molar-refractivity contribution in [3.63, 3.8) is 0 Å². The van der Waals surface area contributed by atoms with E-state index in [4.69, 9.17) is 26.8 Å². The lowest BCUT2D eigenvalue weighted by Gasteiger charge is -2.19. The van der Waals surface area contributed by atoms with Crippen molar-refractivity contribution in [2.75, 3.05) is 6.79 Å². The van der Waals surface area contributed by atoms with Gasteiger partial charge >= 0.3 is 0 Å². The number of ether oxygens (including phenoxy) is 2. The quantitative estimate of drug-likeness (QED) is 0.914. The van der Waals surface area contributed by atoms with Crippen molar-refractivity contribution >= 4 is 11.6 Å². The summed E-state index contributed by atoms with van der Waals surface area (Å²) in [5.74, 6) is 1.96. The van der Waals surface area contributed by atoms with Crippen molar-refractivity contribution < 1.29 is 9.47 Å². The SMILES string of the molecule is CC(C)c1c(CC2(N)CC2)c(Cl)cc2c1OCO2. The molecular weight excluding hydrogens is 250 g/mol. The molecule has 0 unspecified atom stereocenters. The van der Waals surface area contributed by atoms with E-state index in [9.17, 15) is 0 Å². The summed E-state index contributed by atoms with van der Waals surface area (Å²) in [4.78, 5) is 0. The van der Waals surface area contributed by atoms with Gasteiger partial charge < -0.3 is 15.2 Å². The molecule has 0 bridgehead atoms. The van der Waals surface area contributed by atoms with Gasteiger partial charge in [0.2, 0.25) is 6.79 Å². The summed E-state index contributed by atoms with van der Waals surface area (Å²) >= 11 is 6.40. The van der Waals surface area contributed by atoms with Gasteiger partial charge in [-0.05, 0) is 30.7 Å². The first-order valence-corrected chi connectivity index (χ1v) is 6.78. The van der Waals surface area contributed by atoms with Gasteiger partial charge in [-0.2, -0.15) is 0 Å². The number of hydrogen-bond acceptors (Lipinski definition) is 3. The predicted octanol–water partition coefficient (Wildman–Crippen LogP) is 3.23. The van der Waals surface area contributed by atoms with Crippen molar-refractivity contribution in [2.45, 2.75) is 44.6 Å². The summed E-state index contributed by atoms with van der Waals surface area (Å²) in [6, 6.07) is 1.86. The highest BCUT2D eigenvalue weighted by molar-refractivity contribution is 6.31. The molecule has 1 aromatic carbocycles. The molecule has 1 fully saturated rings. The summed E-state index contributed by atoms with van der Waals surface area (Å²) < 4.78 is 11.0. The van der Waals surface area contributed by atoms with E-state index in [1.165, 1.54) is 0 Å². The van der Waals surface area contributed by atoms with E-state index in [0.717, 1.165) is 46.9 Å². The number of nitrogens with two attached hydrogens (primary N) is 1. The lowest BCUT2D eigenvalue weighted by molar-refractivity contribution is 0.173. The monoisotopic (exact) mass is 267 g/mol. The molecule has 2 aliphatic rings. The molecule has 3 rings (SSSR count). The molecule has 0 spiro atoms. The average Bonchev–Trinajstić information content (AvgIpc) is 2.84. The molecule has 0 aromatic heterocycles. The van der Waals surface area contributed by atoms with E-state index in [1.54, 1.807) is 0 Å². The molecule has 1 aliphatic heterocycles. The number of halogens is 1. The highest BCUT2D eigenvalue weighted by Crippen LogP contribution is 2.47. The minimum Gasteiger partial charge on any atom is -0.454 e. The maximum absolute atomic E-state index is 6.40. The molecule has 1 aliphatic carbocycles. The van der Waals surface area contributed by atoms with E-state index < -0.39 is 0 Å². The van der Waals surface area contributed by atoms with Crippen LogP contribution in [-0.4, -0.2) is 12.3 Å². The van der Waals surface area contributed by atoms with E-state index >= 15 is 0 Å². The lowest BCUT2D eigenvalue weighted by atomic mass is 9.91. The second-order valence-electron chi connectivity index (χ2n) is 5.68. The van der Waals surface area contributed by atoms with Crippen LogP contribution in [0.2, 0.25) is 5.02 Å². The van der Waals surface area contributed by atoms with Gasteiger partial charge in [0, 0.05) is 22.2 Å². The Labute approximate surface area is 112 Å². The van der Waals surface area contributed by atoms with Crippen LogP contribution in [0.4, 0.5) is 0 Å². The van der Waals surface area contributed by atoms with Crippen LogP contribution in [-0.2, 0) is 6.42 Å². The van der Waals surface area contributed by atoms with Crippen molar-refractivity contribution in [1.82, 2.24) is 0 Å². The first kappa shape index (κ1) is 12.1. The fourth-order valence-corrected chi connectivity index (χ4v) is 2.82. The summed E-state index contributed by atoms with van der Waals surface area (Å²) in [5, 5.41) is 0.750. The number of hydrogen-bond donors (Lipinski definition) is 1. The molecule has 2 N–H and O–H groups in total. The second-order valence-corrected chi connectivity index (χ2v) is 6.09. The number of benzene rings is 1. The van der Waals surface area contributed by atoms with Gasteiger partial charge in [0.15, 0.2) is 11.5 Å². The molecule has 0 radical (unpaired) electrons. The Morgan fingerprint density at radius 3 is 2.72 bits per heavy atom. The summed E-state index contributed by atoms with van der Waals surface area (Å²) in [6.07, 6.45) is 2.99. The second kappa shape index (κ2) is 4.04. The van der Waals surface area contributed by atoms with Crippen LogP contribution in [0.25, 0.3) is 0 Å². The molecule has 1 saturated carbocycles. The zero-order valence-electron chi connectivity index (χ0n) is 10.8. The molecule has 3 nitrogen and oxygen atoms in total. The third-order valence-corrected chi connectivity index (χ3v) is 4.09. The fraction of sp³-hybridized carbons (Fsp3) is 0.571. The molecule has 98 valence electrons. The van der Waals surface area contributed by atoms with Gasteiger partial charge in [-0.1, -0.05) is 25.4 Å². The predicted molar refractivity (Wildman–Crippen MR) is 71.5 cm³/mol. The zero-order chi connectivity index (χ0) is 12.9. The zero-order valence-corrected chi connectivity index (χ0v) is 11.5. The van der Waals surface area contributed by atoms with E-state index in [-0.39, 0.29) is 12.3 Å². The molecule has 18 heavy (non-hydrogen) atoms. The maximum Gasteiger partial charge on any atom is 0.231 e. The van der Waals surface area contributed by atoms with Gasteiger partial charge in [0.05, 0.1) is 0 Å². The standard InChI is InChI=1S/C14H18ClNO2/c1-8(2)12-9(6-14(16)3-4-14)10(15)5-11-13(12)18-7-17-11/h5,8H,3-4,6-7,16H2,1-2H3. The average molecular weight is 268 g/mol. The Morgan fingerprint density at radius 1 is 1.39 bits per heavy atom. The van der Waals surface area contributed by atoms with Crippen LogP contribution in [0.1, 0.15) is 43.7 Å². The molecule has 4 heteroatoms. The lowest BCUT2D eigenvalue weighted by Crippen LogP contribution is -2.25. The van der Waals surface area contributed by atoms with Crippen LogP contribution in [0.15, 0.2) is 6.07 Å². The number of fused-ring (bicyclic) bond motifs is 1. The summed E-state index contributed by atoms with van der Waals surface area (Å²) in [5.41, 5.74) is 8.47. The first-order chi connectivity index (χ1) is 8.50. The molecule has 0 atom stereocenters. The van der Waals surface area contributed by atoms with E-state index in [1.807, 2.05) is 6.07 Å². The number of rotatable bonds is 3. The van der Waals surface area contributed by atoms with Crippen LogP contribution < -0.4 is 15.2 Å². The van der Waals surface area contributed by atoms with E-state index in [0.29, 0.717) is 5.92 Å². The molecule has 1 heterocycles. The normalized spacial score (nSPS) is 19.4. The molecule has 0 saturated heterocycles. The van der Waals surface area contributed by atoms with Gasteiger partial charge in [0.25, 0.3) is 0 Å². The van der Waals surface area contributed by atoms with Crippen molar-refractivity contribution in [3.8, 4) is 11.5 Å². The topological polar surface area (TPSA) is 44.5 Å². The Hall–Kier alpha value is -0.930. The van der Waals surface area contributed by atoms with E-state index in [2.05, 4.69) is 13.8 Å². The van der Waals surface area contributed by atoms with Crippen LogP contribution in [0.3, 0.4) is 0 Å². The first-order valence-electron chi connectivity index (χ1n) is 6.40. The third-order valence-electron chi connectivity index (χ3n) is 3.76. The van der Waals surface area contributed by atoms with Gasteiger partial charge in [-0.3, -0.25) is 0 Å². The van der Waals surface area contributed by atoms with Gasteiger partial charge in [0.1, 0.15) is 0 Å². The van der Waals surface area contributed by atoms with Crippen LogP contribution >= 0.6 is 11.6 Å². The van der Waals surface area contributed by atoms with Gasteiger partial charge in [-0.25, -0.2) is 0 Å². The molecule has 1 aromatic rings. The summed E-state index contributed by atoms with van der Waals surface area (Å²) in [6.45, 7) is 4.57. The fourth-order valence-electron chi connectivity index (χ4n) is 2.55. The highest BCUT2D eigenvalue weighted by atomic mass is 35.5. The van der Waals surface area contributed by atoms with Crippen molar-refractivity contribution in [1.29, 1.82) is 0 Å². The van der Waals surface area contributed by atoms with Crippen LogP contribution in [0, 0.1) is 0 Å². The molecular formula is C14H18ClNO2. The third kappa shape index (κ3) is 1.95. The van der Waals surface area contributed by atoms with Crippen molar-refractivity contribution in [2.24, 2.45) is 5.73 Å². The smallest absolute Gasteiger partial charge is 0.231 e. The van der Waals surface area contributed by atoms with Crippen molar-refractivity contribution in [3.05, 3.63) is 22.2 Å². The maximum atomic E-state index is 6.40. The summed E-state index contributed by atoms with van der Waals surface area (Å²) in [7, 11) is 0. The Balaban J connectivity index is 2.10. The minimum absolute atomic E-state index is 0.0546. The largest absolute Gasteiger partial charge is 0.454 e. The Morgan fingerprint density at radius 2 is 2.11 bits per heavy atom.